The van der Waals surface area contributed by atoms with Gasteiger partial charge in [-0.05, 0) is 51.5 Å². The smallest absolute Gasteiger partial charge is 0.312 e. The van der Waals surface area contributed by atoms with Crippen molar-refractivity contribution in [2.75, 3.05) is 25.5 Å². The molecule has 370 valence electrons. The highest BCUT2D eigenvalue weighted by Crippen LogP contribution is 2.55. The third kappa shape index (κ3) is 10.4. The molecule has 0 aliphatic carbocycles. The van der Waals surface area contributed by atoms with E-state index in [0.717, 1.165) is 5.56 Å². The molecular weight excluding hydrogens is 887 g/mol. The van der Waals surface area contributed by atoms with E-state index in [1.165, 1.54) is 59.4 Å². The van der Waals surface area contributed by atoms with Gasteiger partial charge in [0.1, 0.15) is 23.4 Å². The topological polar surface area (TPSA) is 244 Å². The second kappa shape index (κ2) is 21.0. The second-order valence-corrected chi connectivity index (χ2v) is 18.9. The lowest BCUT2D eigenvalue weighted by Gasteiger charge is -2.42. The molecule has 0 radical (unpaired) electrons. The van der Waals surface area contributed by atoms with Crippen molar-refractivity contribution in [2.24, 2.45) is 28.8 Å². The molecular formula is C52H65N5O12. The Kier molecular flexibility index (Phi) is 15.8. The number of carbonyl (C=O) groups excluding carboxylic acids is 3. The monoisotopic (exact) mass is 951 g/mol. The van der Waals surface area contributed by atoms with Crippen LogP contribution in [0.3, 0.4) is 0 Å². The van der Waals surface area contributed by atoms with Gasteiger partial charge in [-0.15, -0.1) is 0 Å². The van der Waals surface area contributed by atoms with Crippen LogP contribution in [0.4, 0.5) is 5.69 Å². The van der Waals surface area contributed by atoms with E-state index in [1.54, 1.807) is 52.0 Å². The number of amides is 1. The summed E-state index contributed by atoms with van der Waals surface area (Å²) >= 11 is 0. The van der Waals surface area contributed by atoms with Crippen molar-refractivity contribution in [1.82, 2.24) is 9.91 Å². The predicted octanol–water partition coefficient (Wildman–Crippen LogP) is 6.55. The SMILES string of the molecule is CO[C@@H]1C=CO[C@@]2(C)Oc3c(C)c(O)c4c(O)c(c(C=NN5[C@H](C)CN(Cc6ccc(C#N)cc6)C[C@@H]5C)c(O)c4c3C2=O)NC(=O)C(C)=CC=C[C@H](C)[C@H](O)[C@H](C)[C@H](O)[C@H](C)[C@H](OC(C)=O)[C@@H]1C. The number of allylic oxidation sites excluding steroid dienone is 2. The molecule has 6 N–H and O–H groups in total. The number of hydrogen-bond acceptors (Lipinski definition) is 16. The number of aliphatic hydroxyl groups is 2. The number of piperazine rings is 1. The molecule has 1 amide bonds. The molecule has 4 heterocycles. The Balaban J connectivity index is 1.47. The molecule has 5 bridgehead atoms. The third-order valence-corrected chi connectivity index (χ3v) is 13.8. The quantitative estimate of drug-likeness (QED) is 0.0664. The Hall–Kier alpha value is -6.45. The summed E-state index contributed by atoms with van der Waals surface area (Å²) in [6.07, 6.45) is 4.77. The minimum Gasteiger partial charge on any atom is -0.507 e. The van der Waals surface area contributed by atoms with Crippen LogP contribution in [0.1, 0.15) is 94.9 Å². The second-order valence-electron chi connectivity index (χ2n) is 18.9. The fourth-order valence-electron chi connectivity index (χ4n) is 9.72. The lowest BCUT2D eigenvalue weighted by Crippen LogP contribution is -2.54. The Morgan fingerprint density at radius 3 is 2.20 bits per heavy atom. The molecule has 17 heteroatoms. The number of ketones is 1. The lowest BCUT2D eigenvalue weighted by molar-refractivity contribution is -0.160. The molecule has 17 nitrogen and oxygen atoms in total. The Morgan fingerprint density at radius 1 is 0.942 bits per heavy atom. The molecule has 7 rings (SSSR count). The number of nitrogens with zero attached hydrogens (tertiary/aromatic N) is 4. The number of methoxy groups -OCH3 is 1. The van der Waals surface area contributed by atoms with Gasteiger partial charge in [-0.2, -0.15) is 10.4 Å². The minimum absolute atomic E-state index is 0.0366. The number of esters is 1. The van der Waals surface area contributed by atoms with Gasteiger partial charge in [0, 0.05) is 80.8 Å². The molecule has 3 aromatic rings. The first kappa shape index (κ1) is 51.9. The largest absolute Gasteiger partial charge is 0.507 e. The van der Waals surface area contributed by atoms with Crippen molar-refractivity contribution >= 4 is 40.3 Å². The van der Waals surface area contributed by atoms with E-state index < -0.39 is 88.8 Å². The van der Waals surface area contributed by atoms with Gasteiger partial charge in [0.05, 0.1) is 76.7 Å². The molecule has 1 fully saturated rings. The number of ether oxygens (including phenoxy) is 4. The van der Waals surface area contributed by atoms with Gasteiger partial charge in [-0.25, -0.2) is 0 Å². The summed E-state index contributed by atoms with van der Waals surface area (Å²) in [6, 6.07) is 9.23. The number of phenolic OH excluding ortho intramolecular Hbond substituents is 3. The number of aromatic hydroxyl groups is 3. The van der Waals surface area contributed by atoms with Crippen LogP contribution >= 0.6 is 0 Å². The molecule has 0 spiro atoms. The van der Waals surface area contributed by atoms with Crippen molar-refractivity contribution in [1.29, 1.82) is 5.26 Å². The molecule has 11 atom stereocenters. The summed E-state index contributed by atoms with van der Waals surface area (Å²) in [6.45, 7) is 18.3. The third-order valence-electron chi connectivity index (χ3n) is 13.8. The maximum absolute atomic E-state index is 14.7. The van der Waals surface area contributed by atoms with Crippen molar-refractivity contribution in [3.63, 3.8) is 0 Å². The zero-order valence-electron chi connectivity index (χ0n) is 41.1. The van der Waals surface area contributed by atoms with E-state index in [0.29, 0.717) is 25.2 Å². The summed E-state index contributed by atoms with van der Waals surface area (Å²) in [5, 5.41) is 77.3. The molecule has 0 unspecified atom stereocenters. The van der Waals surface area contributed by atoms with Gasteiger partial charge in [0.2, 0.25) is 0 Å². The van der Waals surface area contributed by atoms with E-state index >= 15 is 0 Å². The van der Waals surface area contributed by atoms with Crippen molar-refractivity contribution in [3.05, 3.63) is 88.2 Å². The zero-order chi connectivity index (χ0) is 50.8. The maximum atomic E-state index is 14.7. The van der Waals surface area contributed by atoms with Gasteiger partial charge in [-0.3, -0.25) is 24.3 Å². The molecule has 69 heavy (non-hydrogen) atoms. The number of aliphatic hydroxyl groups excluding tert-OH is 2. The first-order valence-electron chi connectivity index (χ1n) is 23.2. The first-order chi connectivity index (χ1) is 32.5. The molecule has 1 saturated heterocycles. The highest BCUT2D eigenvalue weighted by Gasteiger charge is 2.50. The zero-order valence-corrected chi connectivity index (χ0v) is 41.1. The Labute approximate surface area is 402 Å². The lowest BCUT2D eigenvalue weighted by atomic mass is 9.78. The van der Waals surface area contributed by atoms with Crippen LogP contribution in [0, 0.1) is 41.9 Å². The van der Waals surface area contributed by atoms with Crippen LogP contribution in [0.25, 0.3) is 10.8 Å². The van der Waals surface area contributed by atoms with Crippen LogP contribution in [-0.4, -0.2) is 122 Å². The standard InChI is InChI=1S/C52H65N5O12/c1-26-13-12-14-27(2)51(65)55-42-37(22-54-57-28(3)23-56(24-29(57)4)25-36-17-15-35(21-53)16-18-36)46(62)39-40(47(42)63)45(61)33(8)49-41(39)50(64)52(10,69-49)67-20-19-38(66-11)30(5)48(68-34(9)58)32(7)44(60)31(6)43(26)59/h12-20,22,26,28-32,38,43-44,48,59-63H,23-25H2,1-11H3,(H,55,65)/t26-,28-,29+,30+,31-,32-,38+,43-,44-,48+,52-/m0/s1. The fourth-order valence-corrected chi connectivity index (χ4v) is 9.72. The van der Waals surface area contributed by atoms with Gasteiger partial charge in [0.15, 0.2) is 5.75 Å². The minimum atomic E-state index is -2.08. The summed E-state index contributed by atoms with van der Waals surface area (Å²) in [5.41, 5.74) is 1.14. The molecule has 4 aliphatic heterocycles. The van der Waals surface area contributed by atoms with E-state index in [9.17, 15) is 45.2 Å². The number of Topliss-reactive ketones (excluding diaryl/α,β-unsaturated/α-hetero) is 1. The molecule has 3 aromatic carbocycles. The number of rotatable bonds is 6. The van der Waals surface area contributed by atoms with Crippen LogP contribution in [-0.2, 0) is 30.3 Å². The average Bonchev–Trinajstić information content (AvgIpc) is 3.57. The number of fused-ring (bicyclic) bond motifs is 14. The van der Waals surface area contributed by atoms with Crippen LogP contribution in [0.2, 0.25) is 0 Å². The fraction of sp³-hybridized carbons (Fsp3) is 0.481. The van der Waals surface area contributed by atoms with E-state index in [-0.39, 0.29) is 56.6 Å². The Bertz CT molecular complexity index is 2610. The Morgan fingerprint density at radius 2 is 1.59 bits per heavy atom. The van der Waals surface area contributed by atoms with Crippen LogP contribution < -0.4 is 10.1 Å². The van der Waals surface area contributed by atoms with Gasteiger partial charge >= 0.3 is 11.8 Å². The summed E-state index contributed by atoms with van der Waals surface area (Å²) in [7, 11) is 1.43. The first-order valence-corrected chi connectivity index (χ1v) is 23.2. The number of benzene rings is 3. The highest BCUT2D eigenvalue weighted by atomic mass is 16.7. The van der Waals surface area contributed by atoms with E-state index in [2.05, 4.69) is 16.3 Å². The average molecular weight is 952 g/mol. The van der Waals surface area contributed by atoms with Crippen molar-refractivity contribution < 1.29 is 58.9 Å². The highest BCUT2D eigenvalue weighted by molar-refractivity contribution is 6.23. The summed E-state index contributed by atoms with van der Waals surface area (Å²) < 4.78 is 23.8. The van der Waals surface area contributed by atoms with Crippen LogP contribution in [0.5, 0.6) is 23.0 Å². The summed E-state index contributed by atoms with van der Waals surface area (Å²) in [4.78, 5) is 43.4. The number of anilines is 1. The van der Waals surface area contributed by atoms with Gasteiger partial charge < -0.3 is 49.8 Å². The van der Waals surface area contributed by atoms with Crippen LogP contribution in [0.15, 0.2) is 65.5 Å². The number of phenols is 3. The maximum Gasteiger partial charge on any atom is 0.312 e. The van der Waals surface area contributed by atoms with Crippen molar-refractivity contribution in [3.8, 4) is 29.1 Å². The molecule has 4 aliphatic rings. The molecule has 0 aromatic heterocycles. The normalized spacial score (nSPS) is 29.4. The number of hydrazone groups is 1. The number of nitriles is 1. The molecule has 0 saturated carbocycles. The van der Waals surface area contributed by atoms with Gasteiger partial charge in [-0.1, -0.05) is 58.1 Å². The van der Waals surface area contributed by atoms with Crippen molar-refractivity contribution in [2.45, 2.75) is 118 Å². The number of nitrogens with one attached hydrogen (secondary N) is 1. The predicted molar refractivity (Wildman–Crippen MR) is 259 cm³/mol. The van der Waals surface area contributed by atoms with Gasteiger partial charge in [0.25, 0.3) is 11.7 Å². The number of carbonyl (C=O) groups is 3. The summed E-state index contributed by atoms with van der Waals surface area (Å²) in [5.74, 6) is -8.62. The van der Waals surface area contributed by atoms with E-state index in [1.807, 2.05) is 31.0 Å². The van der Waals surface area contributed by atoms with E-state index in [4.69, 9.17) is 24.0 Å². The number of hydrogen-bond donors (Lipinski definition) is 6.